The van der Waals surface area contributed by atoms with Crippen molar-refractivity contribution in [2.45, 2.75) is 0 Å². The molecule has 0 spiro atoms. The fourth-order valence-corrected chi connectivity index (χ4v) is 1.94. The molecule has 3 heterocycles. The van der Waals surface area contributed by atoms with Crippen molar-refractivity contribution in [1.29, 1.82) is 0 Å². The van der Waals surface area contributed by atoms with Crippen molar-refractivity contribution in [1.82, 2.24) is 15.0 Å². The highest BCUT2D eigenvalue weighted by Crippen LogP contribution is 2.20. The lowest BCUT2D eigenvalue weighted by Gasteiger charge is -2.09. The molecule has 3 aromatic rings. The molecule has 0 atom stereocenters. The van der Waals surface area contributed by atoms with E-state index in [1.807, 2.05) is 48.5 Å². The summed E-state index contributed by atoms with van der Waals surface area (Å²) in [6.45, 7) is 4.06. The molecule has 0 aliphatic heterocycles. The lowest BCUT2D eigenvalue weighted by atomic mass is 10.1. The zero-order valence-electron chi connectivity index (χ0n) is 11.4. The van der Waals surface area contributed by atoms with E-state index in [4.69, 9.17) is 0 Å². The summed E-state index contributed by atoms with van der Waals surface area (Å²) in [4.78, 5) is 12.9. The van der Waals surface area contributed by atoms with Gasteiger partial charge in [-0.1, -0.05) is 18.7 Å². The van der Waals surface area contributed by atoms with Crippen molar-refractivity contribution in [2.24, 2.45) is 0 Å². The first-order valence-corrected chi connectivity index (χ1v) is 6.58. The van der Waals surface area contributed by atoms with Gasteiger partial charge >= 0.3 is 0 Å². The number of nitrogens with one attached hydrogen (secondary N) is 1. The minimum Gasteiger partial charge on any atom is -0.340 e. The van der Waals surface area contributed by atoms with E-state index in [0.717, 1.165) is 28.5 Å². The highest BCUT2D eigenvalue weighted by molar-refractivity contribution is 5.75. The molecular formula is C17H14N4. The van der Waals surface area contributed by atoms with Gasteiger partial charge in [-0.05, 0) is 36.4 Å². The van der Waals surface area contributed by atoms with Crippen LogP contribution in [0.4, 0.5) is 5.82 Å². The molecule has 102 valence electrons. The third-order valence-electron chi connectivity index (χ3n) is 2.98. The SMILES string of the molecule is C=C(Nc1ccccn1)c1ccnc(-c2ccccn2)c1. The molecule has 4 heteroatoms. The molecule has 21 heavy (non-hydrogen) atoms. The molecule has 3 aromatic heterocycles. The molecule has 1 N–H and O–H groups in total. The highest BCUT2D eigenvalue weighted by atomic mass is 15.0. The molecule has 0 saturated heterocycles. The van der Waals surface area contributed by atoms with Crippen molar-refractivity contribution in [3.05, 3.63) is 79.3 Å². The number of aromatic nitrogens is 3. The van der Waals surface area contributed by atoms with E-state index in [1.165, 1.54) is 0 Å². The lowest BCUT2D eigenvalue weighted by Crippen LogP contribution is -1.99. The smallest absolute Gasteiger partial charge is 0.130 e. The Labute approximate surface area is 123 Å². The van der Waals surface area contributed by atoms with Crippen LogP contribution in [0.5, 0.6) is 0 Å². The maximum Gasteiger partial charge on any atom is 0.130 e. The van der Waals surface area contributed by atoms with Gasteiger partial charge in [0, 0.05) is 29.9 Å². The fraction of sp³-hybridized carbons (Fsp3) is 0. The van der Waals surface area contributed by atoms with Crippen LogP contribution in [0.3, 0.4) is 0 Å². The molecule has 0 unspecified atom stereocenters. The van der Waals surface area contributed by atoms with Crippen molar-refractivity contribution in [3.63, 3.8) is 0 Å². The second kappa shape index (κ2) is 5.96. The molecule has 0 aliphatic carbocycles. The van der Waals surface area contributed by atoms with E-state index in [9.17, 15) is 0 Å². The minimum atomic E-state index is 0.763. The zero-order chi connectivity index (χ0) is 14.5. The van der Waals surface area contributed by atoms with Crippen LogP contribution in [0.25, 0.3) is 17.1 Å². The largest absolute Gasteiger partial charge is 0.340 e. The maximum atomic E-state index is 4.35. The van der Waals surface area contributed by atoms with Crippen molar-refractivity contribution in [3.8, 4) is 11.4 Å². The fourth-order valence-electron chi connectivity index (χ4n) is 1.94. The van der Waals surface area contributed by atoms with Gasteiger partial charge < -0.3 is 5.32 Å². The second-order valence-corrected chi connectivity index (χ2v) is 4.46. The monoisotopic (exact) mass is 274 g/mol. The summed E-state index contributed by atoms with van der Waals surface area (Å²) in [6.07, 6.45) is 5.25. The van der Waals surface area contributed by atoms with Gasteiger partial charge in [-0.2, -0.15) is 0 Å². The van der Waals surface area contributed by atoms with E-state index >= 15 is 0 Å². The van der Waals surface area contributed by atoms with Crippen LogP contribution in [0.1, 0.15) is 5.56 Å². The Balaban J connectivity index is 1.85. The van der Waals surface area contributed by atoms with Crippen LogP contribution in [0.2, 0.25) is 0 Å². The number of hydrogen-bond donors (Lipinski definition) is 1. The zero-order valence-corrected chi connectivity index (χ0v) is 11.4. The summed E-state index contributed by atoms with van der Waals surface area (Å²) in [6, 6.07) is 15.3. The van der Waals surface area contributed by atoms with Crippen LogP contribution in [0.15, 0.2) is 73.7 Å². The molecule has 0 amide bonds. The minimum absolute atomic E-state index is 0.763. The van der Waals surface area contributed by atoms with Gasteiger partial charge in [-0.3, -0.25) is 9.97 Å². The highest BCUT2D eigenvalue weighted by Gasteiger charge is 2.04. The van der Waals surface area contributed by atoms with Gasteiger partial charge in [0.05, 0.1) is 11.4 Å². The van der Waals surface area contributed by atoms with Crippen molar-refractivity contribution in [2.75, 3.05) is 5.32 Å². The maximum absolute atomic E-state index is 4.35. The Bertz CT molecular complexity index is 739. The Hall–Kier alpha value is -3.01. The van der Waals surface area contributed by atoms with E-state index in [1.54, 1.807) is 18.6 Å². The summed E-state index contributed by atoms with van der Waals surface area (Å²) in [7, 11) is 0. The summed E-state index contributed by atoms with van der Waals surface area (Å²) in [5, 5.41) is 3.18. The average Bonchev–Trinajstić information content (AvgIpc) is 2.57. The lowest BCUT2D eigenvalue weighted by molar-refractivity contribution is 1.24. The summed E-state index contributed by atoms with van der Waals surface area (Å²) >= 11 is 0. The summed E-state index contributed by atoms with van der Waals surface area (Å²) in [5.74, 6) is 0.763. The van der Waals surface area contributed by atoms with Crippen LogP contribution in [-0.4, -0.2) is 15.0 Å². The number of rotatable bonds is 4. The molecule has 0 aromatic carbocycles. The predicted molar refractivity (Wildman–Crippen MR) is 84.4 cm³/mol. The van der Waals surface area contributed by atoms with Crippen molar-refractivity contribution >= 4 is 11.5 Å². The Morgan fingerprint density at radius 3 is 2.29 bits per heavy atom. The van der Waals surface area contributed by atoms with Crippen molar-refractivity contribution < 1.29 is 0 Å². The molecule has 0 aliphatic rings. The third-order valence-corrected chi connectivity index (χ3v) is 2.98. The topological polar surface area (TPSA) is 50.7 Å². The molecule has 3 rings (SSSR count). The molecular weight excluding hydrogens is 260 g/mol. The Morgan fingerprint density at radius 2 is 1.57 bits per heavy atom. The third kappa shape index (κ3) is 3.12. The standard InChI is InChI=1S/C17H14N4/c1-13(21-17-7-3-5-10-20-17)14-8-11-19-16(12-14)15-6-2-4-9-18-15/h2-12H,1H2,(H,20,21). The van der Waals surface area contributed by atoms with E-state index in [-0.39, 0.29) is 0 Å². The molecule has 0 bridgehead atoms. The van der Waals surface area contributed by atoms with Crippen LogP contribution in [0, 0.1) is 0 Å². The predicted octanol–water partition coefficient (Wildman–Crippen LogP) is 3.62. The average molecular weight is 274 g/mol. The van der Waals surface area contributed by atoms with Gasteiger partial charge in [-0.15, -0.1) is 0 Å². The summed E-state index contributed by atoms with van der Waals surface area (Å²) in [5.41, 5.74) is 3.38. The van der Waals surface area contributed by atoms with Gasteiger partial charge in [-0.25, -0.2) is 4.98 Å². The molecule has 0 fully saturated rings. The van der Waals surface area contributed by atoms with E-state index in [0.29, 0.717) is 0 Å². The van der Waals surface area contributed by atoms with Gasteiger partial charge in [0.2, 0.25) is 0 Å². The van der Waals surface area contributed by atoms with Gasteiger partial charge in [0.1, 0.15) is 5.82 Å². The van der Waals surface area contributed by atoms with Crippen LogP contribution >= 0.6 is 0 Å². The Morgan fingerprint density at radius 1 is 0.810 bits per heavy atom. The number of pyridine rings is 3. The number of anilines is 1. The van der Waals surface area contributed by atoms with E-state index in [2.05, 4.69) is 26.8 Å². The normalized spacial score (nSPS) is 10.1. The number of nitrogens with zero attached hydrogens (tertiary/aromatic N) is 3. The first-order valence-electron chi connectivity index (χ1n) is 6.58. The quantitative estimate of drug-likeness (QED) is 0.789. The second-order valence-electron chi connectivity index (χ2n) is 4.46. The van der Waals surface area contributed by atoms with Gasteiger partial charge in [0.25, 0.3) is 0 Å². The van der Waals surface area contributed by atoms with Crippen LogP contribution in [-0.2, 0) is 0 Å². The first kappa shape index (κ1) is 13.0. The Kier molecular flexibility index (Phi) is 3.69. The number of hydrogen-bond acceptors (Lipinski definition) is 4. The first-order chi connectivity index (χ1) is 10.3. The summed E-state index contributed by atoms with van der Waals surface area (Å²) < 4.78 is 0. The molecule has 0 radical (unpaired) electrons. The van der Waals surface area contributed by atoms with Gasteiger partial charge in [0.15, 0.2) is 0 Å². The van der Waals surface area contributed by atoms with E-state index < -0.39 is 0 Å². The van der Waals surface area contributed by atoms with Crippen LogP contribution < -0.4 is 5.32 Å². The molecule has 4 nitrogen and oxygen atoms in total. The molecule has 0 saturated carbocycles.